The second-order valence-corrected chi connectivity index (χ2v) is 9.41. The van der Waals surface area contributed by atoms with Gasteiger partial charge in [-0.2, -0.15) is 0 Å². The van der Waals surface area contributed by atoms with Crippen LogP contribution in [0.4, 0.5) is 0 Å². The fourth-order valence-corrected chi connectivity index (χ4v) is 3.77. The second kappa shape index (κ2) is 16.6. The van der Waals surface area contributed by atoms with Crippen LogP contribution >= 0.6 is 0 Å². The van der Waals surface area contributed by atoms with Gasteiger partial charge in [-0.25, -0.2) is 0 Å². The molecule has 30 heavy (non-hydrogen) atoms. The van der Waals surface area contributed by atoms with Crippen molar-refractivity contribution in [2.45, 2.75) is 111 Å². The molecule has 1 fully saturated rings. The summed E-state index contributed by atoms with van der Waals surface area (Å²) in [7, 11) is 0. The number of carbonyl (C=O) groups excluding carboxylic acids is 2. The molecular weight excluding hydrogens is 378 g/mol. The van der Waals surface area contributed by atoms with Crippen molar-refractivity contribution >= 4 is 11.9 Å². The van der Waals surface area contributed by atoms with E-state index in [0.29, 0.717) is 31.3 Å². The lowest BCUT2D eigenvalue weighted by Gasteiger charge is -2.17. The monoisotopic (exact) mass is 425 g/mol. The molecule has 0 radical (unpaired) electrons. The molecule has 1 saturated heterocycles. The average Bonchev–Trinajstić information content (AvgIpc) is 3.15. The highest BCUT2D eigenvalue weighted by Crippen LogP contribution is 2.19. The molecular formula is C25H47NO4. The SMILES string of the molecule is CCCCCCCOC(=O)CCCCCN1CCC(OC(=O)CCC(C)C(C)C)C1. The van der Waals surface area contributed by atoms with Gasteiger partial charge in [0.25, 0.3) is 0 Å². The molecule has 0 aromatic carbocycles. The Morgan fingerprint density at radius 1 is 0.933 bits per heavy atom. The molecule has 0 spiro atoms. The van der Waals surface area contributed by atoms with Gasteiger partial charge in [0.1, 0.15) is 6.10 Å². The van der Waals surface area contributed by atoms with Crippen LogP contribution in [0.2, 0.25) is 0 Å². The minimum absolute atomic E-state index is 0.0433. The van der Waals surface area contributed by atoms with Crippen molar-refractivity contribution in [2.24, 2.45) is 11.8 Å². The maximum atomic E-state index is 12.1. The quantitative estimate of drug-likeness (QED) is 0.219. The van der Waals surface area contributed by atoms with Crippen LogP contribution in [0.25, 0.3) is 0 Å². The van der Waals surface area contributed by atoms with E-state index in [2.05, 4.69) is 32.6 Å². The van der Waals surface area contributed by atoms with Gasteiger partial charge in [-0.05, 0) is 50.5 Å². The van der Waals surface area contributed by atoms with Crippen molar-refractivity contribution in [3.8, 4) is 0 Å². The van der Waals surface area contributed by atoms with Gasteiger partial charge in [0.15, 0.2) is 0 Å². The Labute approximate surface area is 185 Å². The molecule has 0 aromatic heterocycles. The number of hydrogen-bond donors (Lipinski definition) is 0. The number of carbonyl (C=O) groups is 2. The molecule has 0 aliphatic carbocycles. The first-order valence-electron chi connectivity index (χ1n) is 12.5. The zero-order valence-electron chi connectivity index (χ0n) is 20.1. The Morgan fingerprint density at radius 3 is 2.40 bits per heavy atom. The van der Waals surface area contributed by atoms with E-state index >= 15 is 0 Å². The van der Waals surface area contributed by atoms with E-state index in [-0.39, 0.29) is 18.0 Å². The molecule has 0 aromatic rings. The smallest absolute Gasteiger partial charge is 0.306 e. The number of hydrogen-bond acceptors (Lipinski definition) is 5. The molecule has 0 amide bonds. The molecule has 0 bridgehead atoms. The van der Waals surface area contributed by atoms with E-state index in [4.69, 9.17) is 9.47 Å². The lowest BCUT2D eigenvalue weighted by Crippen LogP contribution is -2.26. The molecule has 0 N–H and O–H groups in total. The van der Waals surface area contributed by atoms with E-state index < -0.39 is 0 Å². The van der Waals surface area contributed by atoms with Gasteiger partial charge < -0.3 is 9.47 Å². The molecule has 5 heteroatoms. The molecule has 1 aliphatic rings. The van der Waals surface area contributed by atoms with Crippen molar-refractivity contribution < 1.29 is 19.1 Å². The third kappa shape index (κ3) is 13.3. The molecule has 1 heterocycles. The third-order valence-electron chi connectivity index (χ3n) is 6.34. The van der Waals surface area contributed by atoms with Crippen molar-refractivity contribution in [3.05, 3.63) is 0 Å². The maximum absolute atomic E-state index is 12.1. The predicted octanol–water partition coefficient (Wildman–Crippen LogP) is 5.75. The van der Waals surface area contributed by atoms with Crippen LogP contribution in [0.5, 0.6) is 0 Å². The van der Waals surface area contributed by atoms with Crippen LogP contribution in [-0.4, -0.2) is 49.2 Å². The minimum atomic E-state index is -0.0505. The third-order valence-corrected chi connectivity index (χ3v) is 6.34. The minimum Gasteiger partial charge on any atom is -0.466 e. The Kier molecular flexibility index (Phi) is 14.9. The van der Waals surface area contributed by atoms with Gasteiger partial charge in [-0.15, -0.1) is 0 Å². The average molecular weight is 426 g/mol. The van der Waals surface area contributed by atoms with Crippen LogP contribution in [0, 0.1) is 11.8 Å². The fourth-order valence-electron chi connectivity index (χ4n) is 3.77. The van der Waals surface area contributed by atoms with Crippen molar-refractivity contribution in [1.82, 2.24) is 4.90 Å². The first kappa shape index (κ1) is 26.9. The number of esters is 2. The Morgan fingerprint density at radius 2 is 1.67 bits per heavy atom. The summed E-state index contributed by atoms with van der Waals surface area (Å²) in [4.78, 5) is 26.2. The summed E-state index contributed by atoms with van der Waals surface area (Å²) < 4.78 is 11.0. The number of rotatable bonds is 17. The standard InChI is InChI=1S/C25H47NO4/c1-5-6-7-8-12-19-29-24(27)13-10-9-11-17-26-18-16-23(20-26)30-25(28)15-14-22(4)21(2)3/h21-23H,5-20H2,1-4H3. The lowest BCUT2D eigenvalue weighted by atomic mass is 9.93. The summed E-state index contributed by atoms with van der Waals surface area (Å²) in [6, 6.07) is 0. The highest BCUT2D eigenvalue weighted by atomic mass is 16.5. The largest absolute Gasteiger partial charge is 0.466 e. The zero-order chi connectivity index (χ0) is 22.2. The van der Waals surface area contributed by atoms with Gasteiger partial charge in [0.2, 0.25) is 0 Å². The number of nitrogens with zero attached hydrogens (tertiary/aromatic N) is 1. The van der Waals surface area contributed by atoms with Gasteiger partial charge in [-0.3, -0.25) is 14.5 Å². The maximum Gasteiger partial charge on any atom is 0.306 e. The summed E-state index contributed by atoms with van der Waals surface area (Å²) in [6.07, 6.45) is 11.9. The summed E-state index contributed by atoms with van der Waals surface area (Å²) in [5, 5.41) is 0. The highest BCUT2D eigenvalue weighted by Gasteiger charge is 2.25. The van der Waals surface area contributed by atoms with E-state index in [1.54, 1.807) is 0 Å². The number of likely N-dealkylation sites (tertiary alicyclic amines) is 1. The number of ether oxygens (including phenoxy) is 2. The van der Waals surface area contributed by atoms with Crippen molar-refractivity contribution in [2.75, 3.05) is 26.2 Å². The van der Waals surface area contributed by atoms with Crippen LogP contribution in [0.3, 0.4) is 0 Å². The summed E-state index contributed by atoms with van der Waals surface area (Å²) in [6.45, 7) is 12.2. The fraction of sp³-hybridized carbons (Fsp3) is 0.920. The van der Waals surface area contributed by atoms with Crippen molar-refractivity contribution in [3.63, 3.8) is 0 Å². The molecule has 5 nitrogen and oxygen atoms in total. The molecule has 0 saturated carbocycles. The number of unbranched alkanes of at least 4 members (excludes halogenated alkanes) is 6. The summed E-state index contributed by atoms with van der Waals surface area (Å²) in [5.74, 6) is 1.07. The van der Waals surface area contributed by atoms with Gasteiger partial charge >= 0.3 is 11.9 Å². The van der Waals surface area contributed by atoms with Crippen LogP contribution in [0.1, 0.15) is 105 Å². The topological polar surface area (TPSA) is 55.8 Å². The normalized spacial score (nSPS) is 18.0. The van der Waals surface area contributed by atoms with Crippen molar-refractivity contribution in [1.29, 1.82) is 0 Å². The Balaban J connectivity index is 1.98. The van der Waals surface area contributed by atoms with Gasteiger partial charge in [0.05, 0.1) is 6.61 Å². The molecule has 176 valence electrons. The first-order valence-corrected chi connectivity index (χ1v) is 12.5. The summed E-state index contributed by atoms with van der Waals surface area (Å²) >= 11 is 0. The van der Waals surface area contributed by atoms with Crippen LogP contribution < -0.4 is 0 Å². The Hall–Kier alpha value is -1.10. The summed E-state index contributed by atoms with van der Waals surface area (Å²) in [5.41, 5.74) is 0. The lowest BCUT2D eigenvalue weighted by molar-refractivity contribution is -0.149. The van der Waals surface area contributed by atoms with Gasteiger partial charge in [0, 0.05) is 25.9 Å². The van der Waals surface area contributed by atoms with Gasteiger partial charge in [-0.1, -0.05) is 59.8 Å². The van der Waals surface area contributed by atoms with Crippen LogP contribution in [-0.2, 0) is 19.1 Å². The Bertz CT molecular complexity index is 466. The molecule has 1 aliphatic heterocycles. The second-order valence-electron chi connectivity index (χ2n) is 9.41. The van der Waals surface area contributed by atoms with E-state index in [1.807, 2.05) is 0 Å². The van der Waals surface area contributed by atoms with E-state index in [9.17, 15) is 9.59 Å². The predicted molar refractivity (Wildman–Crippen MR) is 122 cm³/mol. The van der Waals surface area contributed by atoms with E-state index in [1.165, 1.54) is 19.3 Å². The molecule has 1 rings (SSSR count). The molecule has 2 unspecified atom stereocenters. The van der Waals surface area contributed by atoms with Crippen LogP contribution in [0.15, 0.2) is 0 Å². The zero-order valence-corrected chi connectivity index (χ0v) is 20.1. The molecule has 2 atom stereocenters. The first-order chi connectivity index (χ1) is 14.4. The van der Waals surface area contributed by atoms with E-state index in [0.717, 1.165) is 64.6 Å². The highest BCUT2D eigenvalue weighted by molar-refractivity contribution is 5.69.